The van der Waals surface area contributed by atoms with Gasteiger partial charge in [-0.3, -0.25) is 10.1 Å². The number of amides is 1. The second-order valence-electron chi connectivity index (χ2n) is 5.25. The zero-order valence-electron chi connectivity index (χ0n) is 12.6. The number of anilines is 1. The highest BCUT2D eigenvalue weighted by Gasteiger charge is 2.12. The molecule has 0 atom stereocenters. The van der Waals surface area contributed by atoms with Crippen molar-refractivity contribution in [3.8, 4) is 10.6 Å². The number of nitrogens with zero attached hydrogens (tertiary/aromatic N) is 2. The molecule has 0 unspecified atom stereocenters. The molecule has 1 N–H and O–H groups in total. The maximum absolute atomic E-state index is 12.9. The minimum absolute atomic E-state index is 0.224. The van der Waals surface area contributed by atoms with Crippen LogP contribution in [0.5, 0.6) is 0 Å². The Morgan fingerprint density at radius 3 is 2.35 bits per heavy atom. The van der Waals surface area contributed by atoms with Gasteiger partial charge in [-0.1, -0.05) is 28.5 Å². The summed E-state index contributed by atoms with van der Waals surface area (Å²) in [5.41, 5.74) is 3.40. The molecule has 0 aliphatic rings. The number of carbonyl (C=O) groups excluding carboxylic acids is 1. The number of hydrogen-bond acceptors (Lipinski definition) is 4. The van der Waals surface area contributed by atoms with Gasteiger partial charge < -0.3 is 0 Å². The summed E-state index contributed by atoms with van der Waals surface area (Å²) in [6.45, 7) is 3.89. The zero-order valence-corrected chi connectivity index (χ0v) is 13.4. The van der Waals surface area contributed by atoms with Gasteiger partial charge in [0.05, 0.1) is 0 Å². The minimum Gasteiger partial charge on any atom is -0.296 e. The third kappa shape index (κ3) is 3.60. The fourth-order valence-electron chi connectivity index (χ4n) is 2.26. The molecule has 3 aromatic rings. The number of aryl methyl sites for hydroxylation is 2. The van der Waals surface area contributed by atoms with Crippen LogP contribution >= 0.6 is 11.3 Å². The van der Waals surface area contributed by atoms with Crippen molar-refractivity contribution < 1.29 is 9.18 Å². The average Bonchev–Trinajstić information content (AvgIpc) is 2.95. The molecule has 0 aliphatic heterocycles. The van der Waals surface area contributed by atoms with E-state index in [2.05, 4.69) is 15.5 Å². The van der Waals surface area contributed by atoms with Crippen molar-refractivity contribution in [3.63, 3.8) is 0 Å². The first-order valence-electron chi connectivity index (χ1n) is 7.00. The molecule has 23 heavy (non-hydrogen) atoms. The van der Waals surface area contributed by atoms with Crippen molar-refractivity contribution >= 4 is 22.4 Å². The Labute approximate surface area is 137 Å². The summed E-state index contributed by atoms with van der Waals surface area (Å²) in [5, 5.41) is 11.8. The summed E-state index contributed by atoms with van der Waals surface area (Å²) in [6, 6.07) is 11.6. The van der Waals surface area contributed by atoms with Gasteiger partial charge in [-0.2, -0.15) is 0 Å². The second kappa shape index (κ2) is 6.26. The van der Waals surface area contributed by atoms with E-state index >= 15 is 0 Å². The van der Waals surface area contributed by atoms with Crippen molar-refractivity contribution in [2.45, 2.75) is 13.8 Å². The van der Waals surface area contributed by atoms with E-state index in [4.69, 9.17) is 0 Å². The SMILES string of the molecule is Cc1cc(C)cc(C(=O)Nc2nnc(-c3ccc(F)cc3)s2)c1. The van der Waals surface area contributed by atoms with E-state index in [0.717, 1.165) is 16.7 Å². The van der Waals surface area contributed by atoms with E-state index in [9.17, 15) is 9.18 Å². The summed E-state index contributed by atoms with van der Waals surface area (Å²) in [6.07, 6.45) is 0. The van der Waals surface area contributed by atoms with Crippen molar-refractivity contribution in [3.05, 3.63) is 65.0 Å². The van der Waals surface area contributed by atoms with Crippen molar-refractivity contribution in [2.24, 2.45) is 0 Å². The molecule has 0 saturated carbocycles. The zero-order chi connectivity index (χ0) is 16.4. The summed E-state index contributed by atoms with van der Waals surface area (Å²) < 4.78 is 12.9. The molecular weight excluding hydrogens is 313 g/mol. The van der Waals surface area contributed by atoms with Gasteiger partial charge >= 0.3 is 0 Å². The van der Waals surface area contributed by atoms with Crippen LogP contribution in [0.3, 0.4) is 0 Å². The molecule has 116 valence electrons. The standard InChI is InChI=1S/C17H14FN3OS/c1-10-7-11(2)9-13(8-10)15(22)19-17-21-20-16(23-17)12-3-5-14(18)6-4-12/h3-9H,1-2H3,(H,19,21,22). The first-order valence-corrected chi connectivity index (χ1v) is 7.82. The highest BCUT2D eigenvalue weighted by molar-refractivity contribution is 7.18. The molecule has 0 fully saturated rings. The molecule has 0 radical (unpaired) electrons. The topological polar surface area (TPSA) is 54.9 Å². The number of benzene rings is 2. The Morgan fingerprint density at radius 1 is 1.04 bits per heavy atom. The van der Waals surface area contributed by atoms with Crippen LogP contribution in [0, 0.1) is 19.7 Å². The molecule has 0 aliphatic carbocycles. The third-order valence-electron chi connectivity index (χ3n) is 3.22. The molecule has 0 spiro atoms. The van der Waals surface area contributed by atoms with Crippen LogP contribution in [0.4, 0.5) is 9.52 Å². The lowest BCUT2D eigenvalue weighted by Gasteiger charge is -2.04. The fraction of sp³-hybridized carbons (Fsp3) is 0.118. The average molecular weight is 327 g/mol. The van der Waals surface area contributed by atoms with Crippen LogP contribution in [-0.2, 0) is 0 Å². The predicted molar refractivity (Wildman–Crippen MR) is 89.2 cm³/mol. The second-order valence-corrected chi connectivity index (χ2v) is 6.23. The third-order valence-corrected chi connectivity index (χ3v) is 4.11. The van der Waals surface area contributed by atoms with E-state index in [0.29, 0.717) is 15.7 Å². The van der Waals surface area contributed by atoms with Gasteiger partial charge in [0.2, 0.25) is 5.13 Å². The number of nitrogens with one attached hydrogen (secondary N) is 1. The lowest BCUT2D eigenvalue weighted by Crippen LogP contribution is -2.12. The number of rotatable bonds is 3. The van der Waals surface area contributed by atoms with Gasteiger partial charge in [0.15, 0.2) is 0 Å². The van der Waals surface area contributed by atoms with E-state index < -0.39 is 0 Å². The quantitative estimate of drug-likeness (QED) is 0.784. The van der Waals surface area contributed by atoms with E-state index in [1.54, 1.807) is 12.1 Å². The van der Waals surface area contributed by atoms with Gasteiger partial charge in [-0.15, -0.1) is 10.2 Å². The maximum atomic E-state index is 12.9. The van der Waals surface area contributed by atoms with Crippen molar-refractivity contribution in [2.75, 3.05) is 5.32 Å². The largest absolute Gasteiger partial charge is 0.296 e. The number of hydrogen-bond donors (Lipinski definition) is 1. The van der Waals surface area contributed by atoms with Crippen LogP contribution in [0.1, 0.15) is 21.5 Å². The molecule has 6 heteroatoms. The van der Waals surface area contributed by atoms with E-state index in [-0.39, 0.29) is 11.7 Å². The first kappa shape index (κ1) is 15.3. The predicted octanol–water partition coefficient (Wildman–Crippen LogP) is 4.21. The van der Waals surface area contributed by atoms with Crippen LogP contribution in [0.2, 0.25) is 0 Å². The molecule has 0 bridgehead atoms. The van der Waals surface area contributed by atoms with Crippen LogP contribution in [0.15, 0.2) is 42.5 Å². The summed E-state index contributed by atoms with van der Waals surface area (Å²) >= 11 is 1.25. The van der Waals surface area contributed by atoms with Crippen molar-refractivity contribution in [1.29, 1.82) is 0 Å². The molecule has 0 saturated heterocycles. The summed E-state index contributed by atoms with van der Waals surface area (Å²) in [7, 11) is 0. The van der Waals surface area contributed by atoms with E-state index in [1.807, 2.05) is 32.0 Å². The van der Waals surface area contributed by atoms with Crippen molar-refractivity contribution in [1.82, 2.24) is 10.2 Å². The number of halogens is 1. The summed E-state index contributed by atoms with van der Waals surface area (Å²) in [4.78, 5) is 12.3. The fourth-order valence-corrected chi connectivity index (χ4v) is 3.00. The molecule has 1 aromatic heterocycles. The molecule has 2 aromatic carbocycles. The minimum atomic E-state index is -0.304. The Morgan fingerprint density at radius 2 is 1.70 bits per heavy atom. The van der Waals surface area contributed by atoms with Gasteiger partial charge in [0, 0.05) is 11.1 Å². The van der Waals surface area contributed by atoms with Crippen LogP contribution < -0.4 is 5.32 Å². The molecule has 1 amide bonds. The Bertz CT molecular complexity index is 838. The molecule has 3 rings (SSSR count). The van der Waals surface area contributed by atoms with Gasteiger partial charge in [-0.05, 0) is 50.2 Å². The Kier molecular flexibility index (Phi) is 4.16. The van der Waals surface area contributed by atoms with E-state index in [1.165, 1.54) is 23.5 Å². The normalized spacial score (nSPS) is 10.6. The summed E-state index contributed by atoms with van der Waals surface area (Å²) in [5.74, 6) is -0.528. The maximum Gasteiger partial charge on any atom is 0.257 e. The van der Waals surface area contributed by atoms with Gasteiger partial charge in [0.1, 0.15) is 10.8 Å². The molecular formula is C17H14FN3OS. The molecule has 1 heterocycles. The molecule has 4 nitrogen and oxygen atoms in total. The van der Waals surface area contributed by atoms with Crippen LogP contribution in [-0.4, -0.2) is 16.1 Å². The lowest BCUT2D eigenvalue weighted by atomic mass is 10.1. The first-order chi connectivity index (χ1) is 11.0. The van der Waals surface area contributed by atoms with Gasteiger partial charge in [0.25, 0.3) is 5.91 Å². The highest BCUT2D eigenvalue weighted by atomic mass is 32.1. The Hall–Kier alpha value is -2.60. The monoisotopic (exact) mass is 327 g/mol. The van der Waals surface area contributed by atoms with Crippen LogP contribution in [0.25, 0.3) is 10.6 Å². The Balaban J connectivity index is 1.78. The van der Waals surface area contributed by atoms with Gasteiger partial charge in [-0.25, -0.2) is 4.39 Å². The smallest absolute Gasteiger partial charge is 0.257 e. The number of aromatic nitrogens is 2. The highest BCUT2D eigenvalue weighted by Crippen LogP contribution is 2.26. The lowest BCUT2D eigenvalue weighted by molar-refractivity contribution is 0.102. The number of carbonyl (C=O) groups is 1.